The number of fused-ring (bicyclic) bond motifs is 1. The predicted molar refractivity (Wildman–Crippen MR) is 129 cm³/mol. The molecule has 3 rings (SSSR count). The van der Waals surface area contributed by atoms with Crippen molar-refractivity contribution in [2.45, 2.75) is 44.6 Å². The first-order valence-electron chi connectivity index (χ1n) is 9.89. The van der Waals surface area contributed by atoms with Crippen LogP contribution in [0, 0.1) is 0 Å². The molecule has 1 heterocycles. The normalized spacial score (nSPS) is 14.0. The van der Waals surface area contributed by atoms with E-state index in [1.165, 1.54) is 0 Å². The molecule has 0 bridgehead atoms. The van der Waals surface area contributed by atoms with Gasteiger partial charge in [0, 0.05) is 33.4 Å². The van der Waals surface area contributed by atoms with Crippen molar-refractivity contribution in [3.63, 3.8) is 0 Å². The third-order valence-electron chi connectivity index (χ3n) is 4.44. The standard InChI is InChI=1S/C24H24Cl2N2OS/c1-4-20-22(10-7-11-23(29)27-15(2)3)30-21-9-6-5-8-17(21)24(28-20)16-12-13-18(25)19(26)14-16/h5-10,12-15H,4,11H2,1-3H3,(H,27,29)/b10-7-. The van der Waals surface area contributed by atoms with Crippen LogP contribution in [0.15, 0.2) is 75.1 Å². The Labute approximate surface area is 192 Å². The number of nitrogens with zero attached hydrogens (tertiary/aromatic N) is 1. The summed E-state index contributed by atoms with van der Waals surface area (Å²) in [5.41, 5.74) is 3.81. The number of hydrogen-bond donors (Lipinski definition) is 1. The molecule has 3 nitrogen and oxygen atoms in total. The molecule has 0 unspecified atom stereocenters. The van der Waals surface area contributed by atoms with Gasteiger partial charge in [-0.25, -0.2) is 0 Å². The average Bonchev–Trinajstić information content (AvgIpc) is 2.86. The van der Waals surface area contributed by atoms with Gasteiger partial charge in [-0.15, -0.1) is 0 Å². The second kappa shape index (κ2) is 10.3. The fourth-order valence-corrected chi connectivity index (χ4v) is 4.51. The van der Waals surface area contributed by atoms with Gasteiger partial charge in [-0.3, -0.25) is 9.79 Å². The van der Waals surface area contributed by atoms with Crippen molar-refractivity contribution in [1.82, 2.24) is 5.32 Å². The summed E-state index contributed by atoms with van der Waals surface area (Å²) in [5.74, 6) is 0.0129. The van der Waals surface area contributed by atoms with E-state index in [0.29, 0.717) is 16.5 Å². The SMILES string of the molecule is CCC1=C(/C=C\CC(=O)NC(C)C)Sc2ccccc2C(c2ccc(Cl)c(Cl)c2)=N1. The van der Waals surface area contributed by atoms with E-state index in [1.807, 2.05) is 50.3 Å². The molecule has 30 heavy (non-hydrogen) atoms. The summed E-state index contributed by atoms with van der Waals surface area (Å²) < 4.78 is 0. The lowest BCUT2D eigenvalue weighted by atomic mass is 10.0. The molecule has 1 N–H and O–H groups in total. The molecule has 0 atom stereocenters. The van der Waals surface area contributed by atoms with Crippen LogP contribution in [0.5, 0.6) is 0 Å². The second-order valence-corrected chi connectivity index (χ2v) is 9.08. The van der Waals surface area contributed by atoms with Gasteiger partial charge in [0.1, 0.15) is 0 Å². The van der Waals surface area contributed by atoms with E-state index in [-0.39, 0.29) is 11.9 Å². The molecule has 0 aliphatic carbocycles. The molecule has 6 heteroatoms. The van der Waals surface area contributed by atoms with Gasteiger partial charge >= 0.3 is 0 Å². The Hall–Kier alpha value is -2.01. The first kappa shape index (κ1) is 22.7. The fourth-order valence-electron chi connectivity index (χ4n) is 3.08. The number of carbonyl (C=O) groups is 1. The Balaban J connectivity index is 2.02. The zero-order valence-corrected chi connectivity index (χ0v) is 19.5. The average molecular weight is 459 g/mol. The van der Waals surface area contributed by atoms with Crippen molar-refractivity contribution in [2.24, 2.45) is 4.99 Å². The topological polar surface area (TPSA) is 41.5 Å². The number of thioether (sulfide) groups is 1. The van der Waals surface area contributed by atoms with Gasteiger partial charge in [0.15, 0.2) is 0 Å². The summed E-state index contributed by atoms with van der Waals surface area (Å²) in [7, 11) is 0. The first-order valence-corrected chi connectivity index (χ1v) is 11.5. The zero-order valence-electron chi connectivity index (χ0n) is 17.2. The third-order valence-corrected chi connectivity index (χ3v) is 6.35. The molecule has 1 amide bonds. The summed E-state index contributed by atoms with van der Waals surface area (Å²) in [6, 6.07) is 13.9. The number of benzene rings is 2. The minimum atomic E-state index is 0.0129. The number of halogens is 2. The Morgan fingerprint density at radius 2 is 1.93 bits per heavy atom. The minimum absolute atomic E-state index is 0.0129. The van der Waals surface area contributed by atoms with Gasteiger partial charge in [0.05, 0.1) is 21.5 Å². The molecule has 0 radical (unpaired) electrons. The zero-order chi connectivity index (χ0) is 21.7. The number of nitrogens with one attached hydrogen (secondary N) is 1. The minimum Gasteiger partial charge on any atom is -0.354 e. The second-order valence-electron chi connectivity index (χ2n) is 7.18. The molecule has 2 aromatic carbocycles. The van der Waals surface area contributed by atoms with Crippen molar-refractivity contribution in [3.8, 4) is 0 Å². The van der Waals surface area contributed by atoms with Crippen molar-refractivity contribution < 1.29 is 4.79 Å². The number of allylic oxidation sites excluding steroid dienone is 2. The van der Waals surface area contributed by atoms with Crippen LogP contribution in [0.25, 0.3) is 0 Å². The summed E-state index contributed by atoms with van der Waals surface area (Å²) in [4.78, 5) is 19.1. The van der Waals surface area contributed by atoms with Crippen molar-refractivity contribution >= 4 is 46.6 Å². The van der Waals surface area contributed by atoms with Crippen LogP contribution in [0.4, 0.5) is 0 Å². The molecule has 1 aliphatic rings. The van der Waals surface area contributed by atoms with Gasteiger partial charge in [0.2, 0.25) is 5.91 Å². The Morgan fingerprint density at radius 3 is 2.63 bits per heavy atom. The van der Waals surface area contributed by atoms with Crippen molar-refractivity contribution in [3.05, 3.63) is 86.4 Å². The van der Waals surface area contributed by atoms with E-state index in [1.54, 1.807) is 17.8 Å². The van der Waals surface area contributed by atoms with Gasteiger partial charge in [0.25, 0.3) is 0 Å². The number of carbonyl (C=O) groups excluding carboxylic acids is 1. The molecule has 156 valence electrons. The van der Waals surface area contributed by atoms with Crippen LogP contribution in [0.3, 0.4) is 0 Å². The van der Waals surface area contributed by atoms with Crippen LogP contribution in [-0.4, -0.2) is 17.7 Å². The van der Waals surface area contributed by atoms with E-state index in [9.17, 15) is 4.79 Å². The Kier molecular flexibility index (Phi) is 7.81. The number of amides is 1. The van der Waals surface area contributed by atoms with Gasteiger partial charge in [-0.1, -0.05) is 72.2 Å². The lowest BCUT2D eigenvalue weighted by molar-refractivity contribution is -0.120. The maximum Gasteiger partial charge on any atom is 0.224 e. The molecule has 2 aromatic rings. The molecule has 0 aromatic heterocycles. The highest BCUT2D eigenvalue weighted by Crippen LogP contribution is 2.38. The molecule has 0 spiro atoms. The monoisotopic (exact) mass is 458 g/mol. The number of rotatable bonds is 6. The van der Waals surface area contributed by atoms with Crippen molar-refractivity contribution in [2.75, 3.05) is 0 Å². The predicted octanol–water partition coefficient (Wildman–Crippen LogP) is 7.03. The lowest BCUT2D eigenvalue weighted by Crippen LogP contribution is -2.29. The lowest BCUT2D eigenvalue weighted by Gasteiger charge is -2.10. The smallest absolute Gasteiger partial charge is 0.224 e. The van der Waals surface area contributed by atoms with E-state index >= 15 is 0 Å². The highest BCUT2D eigenvalue weighted by Gasteiger charge is 2.19. The van der Waals surface area contributed by atoms with Gasteiger partial charge in [-0.2, -0.15) is 0 Å². The maximum absolute atomic E-state index is 12.0. The quantitative estimate of drug-likeness (QED) is 0.504. The van der Waals surface area contributed by atoms with Gasteiger partial charge in [-0.05, 0) is 44.5 Å². The Morgan fingerprint density at radius 1 is 1.17 bits per heavy atom. The molecule has 1 aliphatic heterocycles. The van der Waals surface area contributed by atoms with Crippen LogP contribution in [0.2, 0.25) is 10.0 Å². The summed E-state index contributed by atoms with van der Waals surface area (Å²) in [5, 5.41) is 3.93. The molecular weight excluding hydrogens is 435 g/mol. The van der Waals surface area contributed by atoms with Crippen molar-refractivity contribution in [1.29, 1.82) is 0 Å². The molecular formula is C24H24Cl2N2OS. The summed E-state index contributed by atoms with van der Waals surface area (Å²) >= 11 is 14.1. The van der Waals surface area contributed by atoms with Crippen LogP contribution >= 0.6 is 35.0 Å². The highest BCUT2D eigenvalue weighted by molar-refractivity contribution is 8.03. The van der Waals surface area contributed by atoms with E-state index < -0.39 is 0 Å². The van der Waals surface area contributed by atoms with Gasteiger partial charge < -0.3 is 5.32 Å². The summed E-state index contributed by atoms with van der Waals surface area (Å²) in [6.45, 7) is 5.99. The fraction of sp³-hybridized carbons (Fsp3) is 0.250. The number of aliphatic imine (C=N–C) groups is 1. The third kappa shape index (κ3) is 5.57. The van der Waals surface area contributed by atoms with E-state index in [0.717, 1.165) is 38.8 Å². The number of hydrogen-bond acceptors (Lipinski definition) is 3. The van der Waals surface area contributed by atoms with E-state index in [4.69, 9.17) is 28.2 Å². The maximum atomic E-state index is 12.0. The van der Waals surface area contributed by atoms with Crippen LogP contribution < -0.4 is 5.32 Å². The van der Waals surface area contributed by atoms with Crippen LogP contribution in [0.1, 0.15) is 44.7 Å². The Bertz CT molecular complexity index is 1040. The van der Waals surface area contributed by atoms with E-state index in [2.05, 4.69) is 24.4 Å². The van der Waals surface area contributed by atoms with Crippen LogP contribution in [-0.2, 0) is 4.79 Å². The highest BCUT2D eigenvalue weighted by atomic mass is 35.5. The molecule has 0 saturated heterocycles. The molecule has 0 fully saturated rings. The largest absolute Gasteiger partial charge is 0.354 e. The molecule has 0 saturated carbocycles. The first-order chi connectivity index (χ1) is 14.4. The summed E-state index contributed by atoms with van der Waals surface area (Å²) in [6.07, 6.45) is 5.01.